The zero-order valence-electron chi connectivity index (χ0n) is 10.8. The standard InChI is InChI=1S/C11H20N4O2/c1-8-11(9(2)15(4)14-8)17-7-10(16)13-6-5-12-3/h12H,5-7H2,1-4H3,(H,13,16). The maximum atomic E-state index is 11.4. The molecule has 0 spiro atoms. The zero-order valence-corrected chi connectivity index (χ0v) is 10.8. The first-order valence-electron chi connectivity index (χ1n) is 5.60. The topological polar surface area (TPSA) is 68.2 Å². The fraction of sp³-hybridized carbons (Fsp3) is 0.636. The normalized spacial score (nSPS) is 10.4. The van der Waals surface area contributed by atoms with Gasteiger partial charge in [0, 0.05) is 20.1 Å². The lowest BCUT2D eigenvalue weighted by atomic mass is 10.3. The number of hydrogen-bond donors (Lipinski definition) is 2. The first-order valence-corrected chi connectivity index (χ1v) is 5.60. The van der Waals surface area contributed by atoms with E-state index >= 15 is 0 Å². The van der Waals surface area contributed by atoms with Gasteiger partial charge >= 0.3 is 0 Å². The van der Waals surface area contributed by atoms with E-state index in [1.54, 1.807) is 4.68 Å². The Morgan fingerprint density at radius 2 is 2.12 bits per heavy atom. The van der Waals surface area contributed by atoms with Crippen LogP contribution < -0.4 is 15.4 Å². The highest BCUT2D eigenvalue weighted by atomic mass is 16.5. The van der Waals surface area contributed by atoms with Crippen LogP contribution in [0.5, 0.6) is 5.75 Å². The van der Waals surface area contributed by atoms with E-state index < -0.39 is 0 Å². The molecule has 1 aromatic rings. The summed E-state index contributed by atoms with van der Waals surface area (Å²) in [6, 6.07) is 0. The molecule has 0 unspecified atom stereocenters. The van der Waals surface area contributed by atoms with Crippen LogP contribution in [0.4, 0.5) is 0 Å². The summed E-state index contributed by atoms with van der Waals surface area (Å²) >= 11 is 0. The predicted octanol–water partition coefficient (Wildman–Crippen LogP) is -0.249. The number of aryl methyl sites for hydroxylation is 2. The van der Waals surface area contributed by atoms with Crippen LogP contribution >= 0.6 is 0 Å². The highest BCUT2D eigenvalue weighted by Gasteiger charge is 2.11. The van der Waals surface area contributed by atoms with Crippen LogP contribution in [0.2, 0.25) is 0 Å². The summed E-state index contributed by atoms with van der Waals surface area (Å²) < 4.78 is 7.20. The summed E-state index contributed by atoms with van der Waals surface area (Å²) in [5.74, 6) is 0.569. The van der Waals surface area contributed by atoms with Crippen LogP contribution in [0.15, 0.2) is 0 Å². The first kappa shape index (κ1) is 13.5. The molecule has 0 aliphatic rings. The summed E-state index contributed by atoms with van der Waals surface area (Å²) in [6.45, 7) is 5.15. The number of likely N-dealkylation sites (N-methyl/N-ethyl adjacent to an activating group) is 1. The second kappa shape index (κ2) is 6.24. The van der Waals surface area contributed by atoms with E-state index in [1.807, 2.05) is 27.9 Å². The fourth-order valence-corrected chi connectivity index (χ4v) is 1.48. The first-order chi connectivity index (χ1) is 8.06. The third kappa shape index (κ3) is 3.74. The van der Waals surface area contributed by atoms with Crippen molar-refractivity contribution in [1.82, 2.24) is 20.4 Å². The number of ether oxygens (including phenoxy) is 1. The molecule has 1 aromatic heterocycles. The summed E-state index contributed by atoms with van der Waals surface area (Å²) in [7, 11) is 3.69. The van der Waals surface area contributed by atoms with Gasteiger partial charge in [-0.2, -0.15) is 5.10 Å². The van der Waals surface area contributed by atoms with Crippen molar-refractivity contribution in [3.63, 3.8) is 0 Å². The number of aromatic nitrogens is 2. The molecule has 2 N–H and O–H groups in total. The summed E-state index contributed by atoms with van der Waals surface area (Å²) in [4.78, 5) is 11.4. The van der Waals surface area contributed by atoms with Crippen molar-refractivity contribution in [3.05, 3.63) is 11.4 Å². The molecule has 1 heterocycles. The molecule has 0 fully saturated rings. The SMILES string of the molecule is CNCCNC(=O)COc1c(C)nn(C)c1C. The van der Waals surface area contributed by atoms with E-state index in [9.17, 15) is 4.79 Å². The Morgan fingerprint density at radius 3 is 2.65 bits per heavy atom. The average Bonchev–Trinajstić information content (AvgIpc) is 2.51. The molecule has 17 heavy (non-hydrogen) atoms. The van der Waals surface area contributed by atoms with Crippen LogP contribution in [0, 0.1) is 13.8 Å². The van der Waals surface area contributed by atoms with Crippen LogP contribution in [0.25, 0.3) is 0 Å². The summed E-state index contributed by atoms with van der Waals surface area (Å²) in [5, 5.41) is 9.91. The molecular weight excluding hydrogens is 220 g/mol. The van der Waals surface area contributed by atoms with Gasteiger partial charge in [-0.15, -0.1) is 0 Å². The highest BCUT2D eigenvalue weighted by molar-refractivity contribution is 5.77. The van der Waals surface area contributed by atoms with Crippen molar-refractivity contribution >= 4 is 5.91 Å². The molecule has 0 radical (unpaired) electrons. The van der Waals surface area contributed by atoms with E-state index in [1.165, 1.54) is 0 Å². The van der Waals surface area contributed by atoms with Crippen molar-refractivity contribution < 1.29 is 9.53 Å². The number of rotatable bonds is 6. The number of carbonyl (C=O) groups excluding carboxylic acids is 1. The van der Waals surface area contributed by atoms with Crippen molar-refractivity contribution in [2.75, 3.05) is 26.7 Å². The maximum Gasteiger partial charge on any atom is 0.257 e. The monoisotopic (exact) mass is 240 g/mol. The van der Waals surface area contributed by atoms with E-state index in [4.69, 9.17) is 4.74 Å². The molecule has 0 bridgehead atoms. The Hall–Kier alpha value is -1.56. The highest BCUT2D eigenvalue weighted by Crippen LogP contribution is 2.20. The van der Waals surface area contributed by atoms with Gasteiger partial charge in [0.25, 0.3) is 5.91 Å². The summed E-state index contributed by atoms with van der Waals surface area (Å²) in [5.41, 5.74) is 1.72. The average molecular weight is 240 g/mol. The molecule has 0 aliphatic carbocycles. The van der Waals surface area contributed by atoms with E-state index in [2.05, 4.69) is 15.7 Å². The molecule has 6 nitrogen and oxygen atoms in total. The second-order valence-electron chi connectivity index (χ2n) is 3.87. The van der Waals surface area contributed by atoms with Gasteiger partial charge in [-0.25, -0.2) is 0 Å². The fourth-order valence-electron chi connectivity index (χ4n) is 1.48. The number of carbonyl (C=O) groups is 1. The number of nitrogens with zero attached hydrogens (tertiary/aromatic N) is 2. The zero-order chi connectivity index (χ0) is 12.8. The summed E-state index contributed by atoms with van der Waals surface area (Å²) in [6.07, 6.45) is 0. The minimum atomic E-state index is -0.122. The lowest BCUT2D eigenvalue weighted by molar-refractivity contribution is -0.123. The van der Waals surface area contributed by atoms with Crippen LogP contribution in [-0.2, 0) is 11.8 Å². The van der Waals surface area contributed by atoms with Crippen molar-refractivity contribution in [2.45, 2.75) is 13.8 Å². The van der Waals surface area contributed by atoms with Gasteiger partial charge < -0.3 is 15.4 Å². The minimum Gasteiger partial charge on any atom is -0.480 e. The number of amides is 1. The number of hydrogen-bond acceptors (Lipinski definition) is 4. The Kier molecular flexibility index (Phi) is 4.96. The molecule has 0 aromatic carbocycles. The molecule has 0 aliphatic heterocycles. The molecular formula is C11H20N4O2. The van der Waals surface area contributed by atoms with Crippen LogP contribution in [-0.4, -0.2) is 42.4 Å². The van der Waals surface area contributed by atoms with Gasteiger partial charge in [-0.1, -0.05) is 0 Å². The van der Waals surface area contributed by atoms with E-state index in [0.29, 0.717) is 12.3 Å². The minimum absolute atomic E-state index is 0.0249. The van der Waals surface area contributed by atoms with E-state index in [-0.39, 0.29) is 12.5 Å². The van der Waals surface area contributed by atoms with Gasteiger partial charge in [0.05, 0.1) is 5.69 Å². The van der Waals surface area contributed by atoms with Gasteiger partial charge in [-0.3, -0.25) is 9.48 Å². The third-order valence-electron chi connectivity index (χ3n) is 2.49. The lowest BCUT2D eigenvalue weighted by Gasteiger charge is -2.07. The Bertz CT molecular complexity index is 387. The Balaban J connectivity index is 2.42. The predicted molar refractivity (Wildman–Crippen MR) is 65.1 cm³/mol. The van der Waals surface area contributed by atoms with Crippen molar-refractivity contribution in [3.8, 4) is 5.75 Å². The maximum absolute atomic E-state index is 11.4. The molecule has 1 amide bonds. The van der Waals surface area contributed by atoms with E-state index in [0.717, 1.165) is 17.9 Å². The van der Waals surface area contributed by atoms with Crippen molar-refractivity contribution in [1.29, 1.82) is 0 Å². The second-order valence-corrected chi connectivity index (χ2v) is 3.87. The molecule has 6 heteroatoms. The molecule has 96 valence electrons. The van der Waals surface area contributed by atoms with Crippen LogP contribution in [0.3, 0.4) is 0 Å². The molecule has 0 saturated carbocycles. The number of nitrogens with one attached hydrogen (secondary N) is 2. The largest absolute Gasteiger partial charge is 0.480 e. The Morgan fingerprint density at radius 1 is 1.41 bits per heavy atom. The van der Waals surface area contributed by atoms with Gasteiger partial charge in [0.1, 0.15) is 5.69 Å². The van der Waals surface area contributed by atoms with Crippen molar-refractivity contribution in [2.24, 2.45) is 7.05 Å². The molecule has 1 rings (SSSR count). The molecule has 0 saturated heterocycles. The Labute approximate surface area is 101 Å². The third-order valence-corrected chi connectivity index (χ3v) is 2.49. The quantitative estimate of drug-likeness (QED) is 0.673. The lowest BCUT2D eigenvalue weighted by Crippen LogP contribution is -2.33. The smallest absolute Gasteiger partial charge is 0.257 e. The van der Waals surface area contributed by atoms with Gasteiger partial charge in [0.15, 0.2) is 12.4 Å². The molecule has 0 atom stereocenters. The van der Waals surface area contributed by atoms with Gasteiger partial charge in [0.2, 0.25) is 0 Å². The van der Waals surface area contributed by atoms with Gasteiger partial charge in [-0.05, 0) is 20.9 Å². The van der Waals surface area contributed by atoms with Crippen LogP contribution in [0.1, 0.15) is 11.4 Å².